The van der Waals surface area contributed by atoms with Crippen LogP contribution in [0.15, 0.2) is 60.8 Å². The number of Topliss-reactive ketones (excluding diaryl/α,β-unsaturated/α-hetero) is 1. The van der Waals surface area contributed by atoms with E-state index in [1.165, 1.54) is 0 Å². The van der Waals surface area contributed by atoms with E-state index in [-0.39, 0.29) is 5.78 Å². The van der Waals surface area contributed by atoms with Crippen LogP contribution in [0.25, 0.3) is 16.8 Å². The van der Waals surface area contributed by atoms with Gasteiger partial charge < -0.3 is 14.8 Å². The number of carbonyl (C=O) groups excluding carboxylic acids is 1. The van der Waals surface area contributed by atoms with E-state index in [2.05, 4.69) is 15.4 Å². The molecule has 2 heterocycles. The molecule has 0 bridgehead atoms. The van der Waals surface area contributed by atoms with E-state index >= 15 is 0 Å². The molecule has 0 spiro atoms. The second-order valence-corrected chi connectivity index (χ2v) is 6.93. The molecule has 0 aliphatic carbocycles. The smallest absolute Gasteiger partial charge is 0.247 e. The van der Waals surface area contributed by atoms with Crippen LogP contribution in [0.5, 0.6) is 11.5 Å². The Morgan fingerprint density at radius 3 is 2.67 bits per heavy atom. The molecule has 1 N–H and O–H groups in total. The van der Waals surface area contributed by atoms with E-state index in [0.29, 0.717) is 29.5 Å². The molecule has 7 heteroatoms. The van der Waals surface area contributed by atoms with Crippen molar-refractivity contribution in [1.29, 1.82) is 0 Å². The second kappa shape index (κ2) is 8.24. The summed E-state index contributed by atoms with van der Waals surface area (Å²) in [7, 11) is 3.21. The lowest BCUT2D eigenvalue weighted by Gasteiger charge is -2.10. The van der Waals surface area contributed by atoms with Crippen molar-refractivity contribution in [2.24, 2.45) is 0 Å². The van der Waals surface area contributed by atoms with Gasteiger partial charge in [0.1, 0.15) is 17.3 Å². The van der Waals surface area contributed by atoms with Crippen LogP contribution in [0.2, 0.25) is 0 Å². The van der Waals surface area contributed by atoms with Crippen LogP contribution in [-0.2, 0) is 11.2 Å². The summed E-state index contributed by atoms with van der Waals surface area (Å²) >= 11 is 0. The van der Waals surface area contributed by atoms with Crippen LogP contribution in [0, 0.1) is 0 Å². The van der Waals surface area contributed by atoms with Crippen molar-refractivity contribution < 1.29 is 14.3 Å². The van der Waals surface area contributed by atoms with Crippen LogP contribution in [0.1, 0.15) is 12.5 Å². The molecule has 7 nitrogen and oxygen atoms in total. The van der Waals surface area contributed by atoms with Crippen LogP contribution in [-0.4, -0.2) is 34.6 Å². The molecule has 0 atom stereocenters. The number of carbonyl (C=O) groups is 1. The summed E-state index contributed by atoms with van der Waals surface area (Å²) in [6.45, 7) is 1.60. The van der Waals surface area contributed by atoms with Crippen LogP contribution >= 0.6 is 0 Å². The van der Waals surface area contributed by atoms with Crippen molar-refractivity contribution in [3.05, 3.63) is 66.4 Å². The van der Waals surface area contributed by atoms with Crippen LogP contribution < -0.4 is 14.8 Å². The maximum Gasteiger partial charge on any atom is 0.247 e. The zero-order chi connectivity index (χ0) is 21.1. The molecular weight excluding hydrogens is 380 g/mol. The van der Waals surface area contributed by atoms with Gasteiger partial charge in [0.15, 0.2) is 5.65 Å². The van der Waals surface area contributed by atoms with Crippen LogP contribution in [0.4, 0.5) is 11.6 Å². The molecular formula is C23H22N4O3. The number of benzene rings is 2. The largest absolute Gasteiger partial charge is 0.497 e. The second-order valence-electron chi connectivity index (χ2n) is 6.93. The summed E-state index contributed by atoms with van der Waals surface area (Å²) in [4.78, 5) is 16.0. The zero-order valence-electron chi connectivity index (χ0n) is 17.0. The van der Waals surface area contributed by atoms with Gasteiger partial charge in [-0.1, -0.05) is 24.3 Å². The Labute approximate surface area is 174 Å². The molecule has 0 aliphatic heterocycles. The molecule has 0 saturated carbocycles. The van der Waals surface area contributed by atoms with Crippen molar-refractivity contribution in [2.45, 2.75) is 13.3 Å². The Morgan fingerprint density at radius 2 is 1.90 bits per heavy atom. The number of hydrogen-bond acceptors (Lipinski definition) is 6. The number of rotatable bonds is 7. The number of hydrogen-bond donors (Lipinski definition) is 1. The minimum Gasteiger partial charge on any atom is -0.497 e. The predicted molar refractivity (Wildman–Crippen MR) is 116 cm³/mol. The quantitative estimate of drug-likeness (QED) is 0.497. The van der Waals surface area contributed by atoms with E-state index < -0.39 is 0 Å². The number of methoxy groups -OCH3 is 2. The Bertz CT molecular complexity index is 1220. The molecule has 0 unspecified atom stereocenters. The number of fused-ring (bicyclic) bond motifs is 1. The molecule has 4 rings (SSSR count). The molecule has 0 amide bonds. The van der Waals surface area contributed by atoms with Crippen molar-refractivity contribution in [1.82, 2.24) is 14.6 Å². The third kappa shape index (κ3) is 4.10. The molecule has 152 valence electrons. The maximum absolute atomic E-state index is 11.4. The standard InChI is InChI=1S/C23H22N4O3/c1-15(28)11-16-5-4-6-17(12-16)18-7-10-22-25-23(26-27(22)14-18)24-20-9-8-19(29-2)13-21(20)30-3/h4-10,12-14H,11H2,1-3H3,(H,24,26). The average Bonchev–Trinajstić information content (AvgIpc) is 3.15. The number of nitrogens with zero attached hydrogens (tertiary/aromatic N) is 3. The van der Waals surface area contributed by atoms with Gasteiger partial charge >= 0.3 is 0 Å². The third-order valence-corrected chi connectivity index (χ3v) is 4.70. The summed E-state index contributed by atoms with van der Waals surface area (Å²) in [5.41, 5.74) is 4.47. The summed E-state index contributed by atoms with van der Waals surface area (Å²) in [6.07, 6.45) is 2.35. The molecule has 4 aromatic rings. The normalized spacial score (nSPS) is 10.8. The Hall–Kier alpha value is -3.87. The van der Waals surface area contributed by atoms with Crippen molar-refractivity contribution >= 4 is 23.1 Å². The molecule has 2 aromatic heterocycles. The van der Waals surface area contributed by atoms with Crippen molar-refractivity contribution in [2.75, 3.05) is 19.5 Å². The Morgan fingerprint density at radius 1 is 1.03 bits per heavy atom. The van der Waals surface area contributed by atoms with E-state index in [1.807, 2.05) is 54.7 Å². The topological polar surface area (TPSA) is 77.8 Å². The van der Waals surface area contributed by atoms with Gasteiger partial charge in [-0.25, -0.2) is 4.52 Å². The minimum absolute atomic E-state index is 0.142. The number of nitrogens with one attached hydrogen (secondary N) is 1. The van der Waals surface area contributed by atoms with E-state index in [4.69, 9.17) is 9.47 Å². The molecule has 0 saturated heterocycles. The SMILES string of the molecule is COc1ccc(Nc2nc3ccc(-c4cccc(CC(C)=O)c4)cn3n2)c(OC)c1. The number of ether oxygens (including phenoxy) is 2. The average molecular weight is 402 g/mol. The fraction of sp³-hybridized carbons (Fsp3) is 0.174. The van der Waals surface area contributed by atoms with Crippen molar-refractivity contribution in [3.8, 4) is 22.6 Å². The predicted octanol–water partition coefficient (Wildman–Crippen LogP) is 4.29. The molecule has 30 heavy (non-hydrogen) atoms. The fourth-order valence-corrected chi connectivity index (χ4v) is 3.28. The maximum atomic E-state index is 11.4. The first-order valence-corrected chi connectivity index (χ1v) is 9.50. The Balaban J connectivity index is 1.63. The summed E-state index contributed by atoms with van der Waals surface area (Å²) in [5, 5.41) is 7.73. The van der Waals surface area contributed by atoms with E-state index in [9.17, 15) is 4.79 Å². The van der Waals surface area contributed by atoms with Gasteiger partial charge in [0.25, 0.3) is 0 Å². The highest BCUT2D eigenvalue weighted by molar-refractivity contribution is 5.79. The highest BCUT2D eigenvalue weighted by Crippen LogP contribution is 2.31. The number of pyridine rings is 1. The summed E-state index contributed by atoms with van der Waals surface area (Å²) < 4.78 is 12.4. The van der Waals surface area contributed by atoms with Gasteiger partial charge in [-0.2, -0.15) is 4.98 Å². The monoisotopic (exact) mass is 402 g/mol. The van der Waals surface area contributed by atoms with Gasteiger partial charge in [0.05, 0.1) is 19.9 Å². The van der Waals surface area contributed by atoms with Crippen molar-refractivity contribution in [3.63, 3.8) is 0 Å². The first-order valence-electron chi connectivity index (χ1n) is 9.50. The lowest BCUT2D eigenvalue weighted by atomic mass is 10.0. The van der Waals surface area contributed by atoms with Gasteiger partial charge in [-0.3, -0.25) is 4.79 Å². The van der Waals surface area contributed by atoms with Gasteiger partial charge in [0, 0.05) is 24.2 Å². The van der Waals surface area contributed by atoms with E-state index in [1.54, 1.807) is 31.7 Å². The van der Waals surface area contributed by atoms with Gasteiger partial charge in [-0.15, -0.1) is 5.10 Å². The first kappa shape index (κ1) is 19.4. The third-order valence-electron chi connectivity index (χ3n) is 4.70. The van der Waals surface area contributed by atoms with E-state index in [0.717, 1.165) is 22.4 Å². The zero-order valence-corrected chi connectivity index (χ0v) is 17.0. The molecule has 0 aliphatic rings. The minimum atomic E-state index is 0.142. The highest BCUT2D eigenvalue weighted by atomic mass is 16.5. The summed E-state index contributed by atoms with van der Waals surface area (Å²) in [6, 6.07) is 17.4. The molecule has 2 aromatic carbocycles. The number of ketones is 1. The number of aromatic nitrogens is 3. The highest BCUT2D eigenvalue weighted by Gasteiger charge is 2.10. The summed E-state index contributed by atoms with van der Waals surface area (Å²) in [5.74, 6) is 1.94. The van der Waals surface area contributed by atoms with Gasteiger partial charge in [0.2, 0.25) is 5.95 Å². The lowest BCUT2D eigenvalue weighted by molar-refractivity contribution is -0.116. The lowest BCUT2D eigenvalue weighted by Crippen LogP contribution is -1.97. The fourth-order valence-electron chi connectivity index (χ4n) is 3.28. The number of anilines is 2. The Kier molecular flexibility index (Phi) is 5.34. The van der Waals surface area contributed by atoms with Crippen LogP contribution in [0.3, 0.4) is 0 Å². The molecule has 0 fully saturated rings. The van der Waals surface area contributed by atoms with Gasteiger partial charge in [-0.05, 0) is 42.3 Å². The first-order chi connectivity index (χ1) is 14.6. The molecule has 0 radical (unpaired) electrons.